The van der Waals surface area contributed by atoms with Crippen LogP contribution in [0.1, 0.15) is 11.3 Å². The van der Waals surface area contributed by atoms with Crippen molar-refractivity contribution in [3.05, 3.63) is 42.0 Å². The Morgan fingerprint density at radius 1 is 1.12 bits per heavy atom. The van der Waals surface area contributed by atoms with Gasteiger partial charge in [0, 0.05) is 30.0 Å². The molecule has 0 unspecified atom stereocenters. The van der Waals surface area contributed by atoms with Crippen LogP contribution in [0, 0.1) is 6.92 Å². The number of aryl methyl sites for hydroxylation is 1. The van der Waals surface area contributed by atoms with Crippen molar-refractivity contribution in [3.63, 3.8) is 0 Å². The zero-order valence-corrected chi connectivity index (χ0v) is 9.74. The van der Waals surface area contributed by atoms with Crippen molar-refractivity contribution in [1.29, 1.82) is 0 Å². The van der Waals surface area contributed by atoms with Crippen molar-refractivity contribution in [2.24, 2.45) is 5.73 Å². The molecule has 2 aromatic rings. The van der Waals surface area contributed by atoms with E-state index in [4.69, 9.17) is 5.73 Å². The highest BCUT2D eigenvalue weighted by molar-refractivity contribution is 7.99. The maximum atomic E-state index is 5.48. The third-order valence-electron chi connectivity index (χ3n) is 1.97. The van der Waals surface area contributed by atoms with Crippen LogP contribution in [0.2, 0.25) is 0 Å². The van der Waals surface area contributed by atoms with Gasteiger partial charge in [0.15, 0.2) is 5.16 Å². The number of pyridine rings is 1. The van der Waals surface area contributed by atoms with Gasteiger partial charge in [0.1, 0.15) is 0 Å². The van der Waals surface area contributed by atoms with Gasteiger partial charge >= 0.3 is 0 Å². The maximum absolute atomic E-state index is 5.48. The molecule has 5 heteroatoms. The van der Waals surface area contributed by atoms with Crippen LogP contribution in [-0.4, -0.2) is 15.0 Å². The third kappa shape index (κ3) is 2.77. The second-order valence-corrected chi connectivity index (χ2v) is 4.38. The molecule has 2 aromatic heterocycles. The lowest BCUT2D eigenvalue weighted by Gasteiger charge is -2.01. The molecular formula is C11H12N4S. The molecule has 0 aliphatic rings. The van der Waals surface area contributed by atoms with E-state index < -0.39 is 0 Å². The predicted molar refractivity (Wildman–Crippen MR) is 63.0 cm³/mol. The average molecular weight is 232 g/mol. The first-order valence-corrected chi connectivity index (χ1v) is 5.71. The van der Waals surface area contributed by atoms with Crippen LogP contribution in [0.25, 0.3) is 0 Å². The van der Waals surface area contributed by atoms with Crippen molar-refractivity contribution in [2.45, 2.75) is 23.5 Å². The fourth-order valence-corrected chi connectivity index (χ4v) is 1.79. The molecule has 0 amide bonds. The van der Waals surface area contributed by atoms with Gasteiger partial charge in [-0.15, -0.1) is 0 Å². The first-order chi connectivity index (χ1) is 7.78. The van der Waals surface area contributed by atoms with Gasteiger partial charge in [0.2, 0.25) is 0 Å². The standard InChI is InChI=1S/C11H12N4S/c1-8-5-14-11(15-6-8)16-10-3-2-9(4-12)13-7-10/h2-3,5-7H,4,12H2,1H3. The Morgan fingerprint density at radius 3 is 2.44 bits per heavy atom. The average Bonchev–Trinajstić information content (AvgIpc) is 2.33. The van der Waals surface area contributed by atoms with Crippen LogP contribution < -0.4 is 5.73 Å². The largest absolute Gasteiger partial charge is 0.325 e. The van der Waals surface area contributed by atoms with Gasteiger partial charge < -0.3 is 5.73 Å². The van der Waals surface area contributed by atoms with E-state index >= 15 is 0 Å². The van der Waals surface area contributed by atoms with Gasteiger partial charge in [0.05, 0.1) is 5.69 Å². The molecule has 0 fully saturated rings. The molecular weight excluding hydrogens is 220 g/mol. The van der Waals surface area contributed by atoms with Crippen LogP contribution in [0.5, 0.6) is 0 Å². The Labute approximate surface area is 98.3 Å². The van der Waals surface area contributed by atoms with Gasteiger partial charge in [-0.25, -0.2) is 9.97 Å². The summed E-state index contributed by atoms with van der Waals surface area (Å²) < 4.78 is 0. The Morgan fingerprint density at radius 2 is 1.88 bits per heavy atom. The second kappa shape index (κ2) is 5.05. The van der Waals surface area contributed by atoms with E-state index in [1.165, 1.54) is 11.8 Å². The summed E-state index contributed by atoms with van der Waals surface area (Å²) in [5.41, 5.74) is 7.42. The summed E-state index contributed by atoms with van der Waals surface area (Å²) in [7, 11) is 0. The van der Waals surface area contributed by atoms with E-state index in [0.29, 0.717) is 6.54 Å². The Kier molecular flexibility index (Phi) is 3.48. The number of nitrogens with zero attached hydrogens (tertiary/aromatic N) is 3. The molecule has 4 nitrogen and oxygen atoms in total. The minimum atomic E-state index is 0.464. The molecule has 0 aliphatic heterocycles. The molecule has 0 spiro atoms. The van der Waals surface area contributed by atoms with Crippen LogP contribution in [0.3, 0.4) is 0 Å². The summed E-state index contributed by atoms with van der Waals surface area (Å²) in [5.74, 6) is 0. The lowest BCUT2D eigenvalue weighted by atomic mass is 10.4. The lowest BCUT2D eigenvalue weighted by molar-refractivity contribution is 0.945. The van der Waals surface area contributed by atoms with Crippen molar-refractivity contribution in [2.75, 3.05) is 0 Å². The quantitative estimate of drug-likeness (QED) is 0.817. The van der Waals surface area contributed by atoms with E-state index in [2.05, 4.69) is 15.0 Å². The van der Waals surface area contributed by atoms with E-state index in [0.717, 1.165) is 21.3 Å². The first kappa shape index (κ1) is 11.0. The van der Waals surface area contributed by atoms with Gasteiger partial charge in [-0.05, 0) is 36.4 Å². The number of nitrogens with two attached hydrogens (primary N) is 1. The van der Waals surface area contributed by atoms with E-state index in [-0.39, 0.29) is 0 Å². The fraction of sp³-hybridized carbons (Fsp3) is 0.182. The second-order valence-electron chi connectivity index (χ2n) is 3.33. The molecule has 0 saturated heterocycles. The highest BCUT2D eigenvalue weighted by Crippen LogP contribution is 2.23. The van der Waals surface area contributed by atoms with Crippen LogP contribution >= 0.6 is 11.8 Å². The number of hydrogen-bond acceptors (Lipinski definition) is 5. The zero-order valence-electron chi connectivity index (χ0n) is 8.92. The number of hydrogen-bond donors (Lipinski definition) is 1. The summed E-state index contributed by atoms with van der Waals surface area (Å²) in [6, 6.07) is 3.89. The van der Waals surface area contributed by atoms with E-state index in [1.54, 1.807) is 18.6 Å². The van der Waals surface area contributed by atoms with Gasteiger partial charge in [-0.3, -0.25) is 4.98 Å². The van der Waals surface area contributed by atoms with Crippen LogP contribution in [-0.2, 0) is 6.54 Å². The minimum Gasteiger partial charge on any atom is -0.325 e. The highest BCUT2D eigenvalue weighted by Gasteiger charge is 2.00. The van der Waals surface area contributed by atoms with Crippen molar-refractivity contribution in [3.8, 4) is 0 Å². The summed E-state index contributed by atoms with van der Waals surface area (Å²) in [6.07, 6.45) is 5.39. The molecule has 16 heavy (non-hydrogen) atoms. The smallest absolute Gasteiger partial charge is 0.192 e. The Hall–Kier alpha value is -1.46. The lowest BCUT2D eigenvalue weighted by Crippen LogP contribution is -1.98. The Balaban J connectivity index is 2.11. The first-order valence-electron chi connectivity index (χ1n) is 4.89. The fourth-order valence-electron chi connectivity index (χ4n) is 1.13. The molecule has 0 saturated carbocycles. The zero-order chi connectivity index (χ0) is 11.4. The summed E-state index contributed by atoms with van der Waals surface area (Å²) in [6.45, 7) is 2.43. The van der Waals surface area contributed by atoms with Gasteiger partial charge in [0.25, 0.3) is 0 Å². The molecule has 0 aliphatic carbocycles. The van der Waals surface area contributed by atoms with Gasteiger partial charge in [-0.1, -0.05) is 0 Å². The number of aromatic nitrogens is 3. The van der Waals surface area contributed by atoms with E-state index in [1.807, 2.05) is 19.1 Å². The number of rotatable bonds is 3. The molecule has 0 bridgehead atoms. The topological polar surface area (TPSA) is 64.7 Å². The monoisotopic (exact) mass is 232 g/mol. The SMILES string of the molecule is Cc1cnc(Sc2ccc(CN)nc2)nc1. The summed E-state index contributed by atoms with van der Waals surface area (Å²) in [5, 5.41) is 0.730. The third-order valence-corrected chi connectivity index (χ3v) is 2.84. The molecule has 2 rings (SSSR count). The minimum absolute atomic E-state index is 0.464. The van der Waals surface area contributed by atoms with Crippen molar-refractivity contribution >= 4 is 11.8 Å². The highest BCUT2D eigenvalue weighted by atomic mass is 32.2. The predicted octanol–water partition coefficient (Wildman–Crippen LogP) is 1.79. The van der Waals surface area contributed by atoms with Gasteiger partial charge in [-0.2, -0.15) is 0 Å². The molecule has 2 N–H and O–H groups in total. The summed E-state index contributed by atoms with van der Waals surface area (Å²) >= 11 is 1.49. The normalized spacial score (nSPS) is 10.4. The van der Waals surface area contributed by atoms with E-state index in [9.17, 15) is 0 Å². The molecule has 2 heterocycles. The summed E-state index contributed by atoms with van der Waals surface area (Å²) in [4.78, 5) is 13.7. The molecule has 0 radical (unpaired) electrons. The van der Waals surface area contributed by atoms with Crippen LogP contribution in [0.15, 0.2) is 40.8 Å². The van der Waals surface area contributed by atoms with Crippen molar-refractivity contribution < 1.29 is 0 Å². The maximum Gasteiger partial charge on any atom is 0.192 e. The molecule has 0 atom stereocenters. The van der Waals surface area contributed by atoms with Crippen LogP contribution in [0.4, 0.5) is 0 Å². The molecule has 0 aromatic carbocycles. The Bertz CT molecular complexity index is 452. The van der Waals surface area contributed by atoms with Crippen molar-refractivity contribution in [1.82, 2.24) is 15.0 Å². The molecule has 82 valence electrons.